The summed E-state index contributed by atoms with van der Waals surface area (Å²) in [7, 11) is 0. The van der Waals surface area contributed by atoms with E-state index in [9.17, 15) is 0 Å². The number of aromatic amines is 1. The largest absolute Gasteiger partial charge is 0.490 e. The number of hydrogen-bond acceptors (Lipinski definition) is 7. The van der Waals surface area contributed by atoms with Crippen molar-refractivity contribution in [2.75, 3.05) is 23.8 Å². The Kier molecular flexibility index (Phi) is 4.21. The molecule has 1 aliphatic rings. The number of hydrogen-bond donors (Lipinski definition) is 2. The summed E-state index contributed by atoms with van der Waals surface area (Å²) in [5.74, 6) is 2.14. The minimum absolute atomic E-state index is 0.544. The van der Waals surface area contributed by atoms with Crippen molar-refractivity contribution in [1.82, 2.24) is 25.1 Å². The number of anilines is 3. The molecular formula is C24H19N7O. The molecule has 8 nitrogen and oxygen atoms in total. The molecule has 0 unspecified atom stereocenters. The fraction of sp³-hybridized carbons (Fsp3) is 0.0833. The summed E-state index contributed by atoms with van der Waals surface area (Å²) in [5, 5.41) is 7.26. The van der Waals surface area contributed by atoms with Crippen LogP contribution in [0.5, 0.6) is 5.75 Å². The zero-order valence-corrected chi connectivity index (χ0v) is 17.1. The lowest BCUT2D eigenvalue weighted by atomic mass is 10.0. The van der Waals surface area contributed by atoms with Gasteiger partial charge in [0.2, 0.25) is 0 Å². The molecule has 0 spiro atoms. The predicted molar refractivity (Wildman–Crippen MR) is 124 cm³/mol. The van der Waals surface area contributed by atoms with Crippen LogP contribution in [0.2, 0.25) is 0 Å². The average molecular weight is 421 g/mol. The number of nitrogens with zero attached hydrogens (tertiary/aromatic N) is 5. The van der Waals surface area contributed by atoms with E-state index in [1.807, 2.05) is 48.7 Å². The topological polar surface area (TPSA) is 106 Å². The molecule has 0 saturated heterocycles. The Labute approximate surface area is 183 Å². The maximum Gasteiger partial charge on any atom is 0.163 e. The Morgan fingerprint density at radius 2 is 1.84 bits per heavy atom. The molecule has 0 atom stereocenters. The first kappa shape index (κ1) is 18.3. The standard InChI is InChI=1S/C24H19N7O/c25-18-6-7-21-20(12-18)31(9-10-32-21)24-22-19(14-27-30-22)28-23(29-24)16-4-1-3-15(11-16)17-5-2-8-26-13-17/h1-8,11-14H,9-10,25H2,(H,27,30). The van der Waals surface area contributed by atoms with Gasteiger partial charge in [0.05, 0.1) is 18.4 Å². The Morgan fingerprint density at radius 3 is 2.75 bits per heavy atom. The quantitative estimate of drug-likeness (QED) is 0.421. The Balaban J connectivity index is 1.51. The maximum absolute atomic E-state index is 6.07. The first-order chi connectivity index (χ1) is 15.8. The number of fused-ring (bicyclic) bond motifs is 2. The van der Waals surface area contributed by atoms with E-state index < -0.39 is 0 Å². The third kappa shape index (κ3) is 3.09. The summed E-state index contributed by atoms with van der Waals surface area (Å²) < 4.78 is 5.83. The first-order valence-corrected chi connectivity index (χ1v) is 10.3. The zero-order chi connectivity index (χ0) is 21.5. The number of benzene rings is 2. The molecule has 3 aromatic heterocycles. The van der Waals surface area contributed by atoms with Crippen LogP contribution in [0.15, 0.2) is 73.2 Å². The Bertz CT molecular complexity index is 1430. The lowest BCUT2D eigenvalue weighted by molar-refractivity contribution is 0.314. The molecule has 0 fully saturated rings. The van der Waals surface area contributed by atoms with Crippen LogP contribution in [-0.4, -0.2) is 38.3 Å². The smallest absolute Gasteiger partial charge is 0.163 e. The van der Waals surface area contributed by atoms with Gasteiger partial charge < -0.3 is 15.4 Å². The van der Waals surface area contributed by atoms with Crippen molar-refractivity contribution in [3.05, 3.63) is 73.2 Å². The Hall–Kier alpha value is -4.46. The highest BCUT2D eigenvalue weighted by Crippen LogP contribution is 2.39. The number of H-pyrrole nitrogens is 1. The SMILES string of the molecule is Nc1ccc2c(c1)N(c1nc(-c3cccc(-c4cccnc4)c3)nc3cn[nH]c13)CCO2. The number of pyridine rings is 1. The van der Waals surface area contributed by atoms with Crippen molar-refractivity contribution in [1.29, 1.82) is 0 Å². The minimum atomic E-state index is 0.544. The molecule has 0 bridgehead atoms. The highest BCUT2D eigenvalue weighted by atomic mass is 16.5. The molecular weight excluding hydrogens is 402 g/mol. The molecule has 0 aliphatic carbocycles. The first-order valence-electron chi connectivity index (χ1n) is 10.3. The van der Waals surface area contributed by atoms with Crippen molar-refractivity contribution in [3.63, 3.8) is 0 Å². The minimum Gasteiger partial charge on any atom is -0.490 e. The highest BCUT2D eigenvalue weighted by Gasteiger charge is 2.24. The van der Waals surface area contributed by atoms with Gasteiger partial charge >= 0.3 is 0 Å². The van der Waals surface area contributed by atoms with E-state index in [4.69, 9.17) is 20.4 Å². The second kappa shape index (κ2) is 7.35. The molecule has 1 aliphatic heterocycles. The van der Waals surface area contributed by atoms with Crippen LogP contribution in [-0.2, 0) is 0 Å². The number of nitrogens with two attached hydrogens (primary N) is 1. The Morgan fingerprint density at radius 1 is 0.938 bits per heavy atom. The normalized spacial score (nSPS) is 13.1. The van der Waals surface area contributed by atoms with Gasteiger partial charge in [-0.2, -0.15) is 5.10 Å². The molecule has 6 rings (SSSR count). The van der Waals surface area contributed by atoms with Crippen LogP contribution in [0, 0.1) is 0 Å². The van der Waals surface area contributed by atoms with E-state index in [-0.39, 0.29) is 0 Å². The second-order valence-electron chi connectivity index (χ2n) is 7.55. The third-order valence-corrected chi connectivity index (χ3v) is 5.50. The van der Waals surface area contributed by atoms with E-state index in [0.29, 0.717) is 24.7 Å². The van der Waals surface area contributed by atoms with Gasteiger partial charge in [-0.3, -0.25) is 10.1 Å². The molecule has 8 heteroatoms. The molecule has 32 heavy (non-hydrogen) atoms. The fourth-order valence-corrected chi connectivity index (χ4v) is 3.97. The second-order valence-corrected chi connectivity index (χ2v) is 7.55. The maximum atomic E-state index is 6.07. The van der Waals surface area contributed by atoms with Crippen LogP contribution in [0.25, 0.3) is 33.5 Å². The molecule has 5 aromatic rings. The highest BCUT2D eigenvalue weighted by molar-refractivity contribution is 5.91. The monoisotopic (exact) mass is 421 g/mol. The zero-order valence-electron chi connectivity index (χ0n) is 17.1. The van der Waals surface area contributed by atoms with E-state index in [1.165, 1.54) is 0 Å². The van der Waals surface area contributed by atoms with Crippen LogP contribution >= 0.6 is 0 Å². The molecule has 3 N–H and O–H groups in total. The van der Waals surface area contributed by atoms with E-state index >= 15 is 0 Å². The third-order valence-electron chi connectivity index (χ3n) is 5.50. The summed E-state index contributed by atoms with van der Waals surface area (Å²) in [6, 6.07) is 17.7. The van der Waals surface area contributed by atoms with E-state index in [2.05, 4.69) is 32.2 Å². The summed E-state index contributed by atoms with van der Waals surface area (Å²) in [4.78, 5) is 16.1. The molecule has 156 valence electrons. The van der Waals surface area contributed by atoms with Crippen molar-refractivity contribution in [2.45, 2.75) is 0 Å². The van der Waals surface area contributed by atoms with Gasteiger partial charge in [0, 0.05) is 29.2 Å². The summed E-state index contributed by atoms with van der Waals surface area (Å²) in [6.45, 7) is 1.18. The van der Waals surface area contributed by atoms with Gasteiger partial charge in [-0.1, -0.05) is 24.3 Å². The lowest BCUT2D eigenvalue weighted by Gasteiger charge is -2.31. The number of nitrogens with one attached hydrogen (secondary N) is 1. The average Bonchev–Trinajstić information content (AvgIpc) is 3.33. The summed E-state index contributed by atoms with van der Waals surface area (Å²) >= 11 is 0. The molecule has 0 saturated carbocycles. The van der Waals surface area contributed by atoms with Crippen LogP contribution in [0.1, 0.15) is 0 Å². The van der Waals surface area contributed by atoms with Gasteiger partial charge in [-0.05, 0) is 35.9 Å². The molecule has 4 heterocycles. The fourth-order valence-electron chi connectivity index (χ4n) is 3.97. The number of aromatic nitrogens is 5. The van der Waals surface area contributed by atoms with Crippen molar-refractivity contribution < 1.29 is 4.74 Å². The van der Waals surface area contributed by atoms with Crippen molar-refractivity contribution >= 4 is 28.2 Å². The van der Waals surface area contributed by atoms with Crippen LogP contribution in [0.3, 0.4) is 0 Å². The van der Waals surface area contributed by atoms with Crippen molar-refractivity contribution in [2.24, 2.45) is 0 Å². The molecule has 2 aromatic carbocycles. The van der Waals surface area contributed by atoms with Crippen molar-refractivity contribution in [3.8, 4) is 28.3 Å². The van der Waals surface area contributed by atoms with Gasteiger partial charge in [0.25, 0.3) is 0 Å². The van der Waals surface area contributed by atoms with Gasteiger partial charge in [0.15, 0.2) is 11.6 Å². The number of ether oxygens (including phenoxy) is 1. The van der Waals surface area contributed by atoms with Crippen LogP contribution in [0.4, 0.5) is 17.2 Å². The van der Waals surface area contributed by atoms with Gasteiger partial charge in [-0.15, -0.1) is 0 Å². The molecule has 0 amide bonds. The summed E-state index contributed by atoms with van der Waals surface area (Å²) in [5.41, 5.74) is 12.1. The van der Waals surface area contributed by atoms with Crippen LogP contribution < -0.4 is 15.4 Å². The summed E-state index contributed by atoms with van der Waals surface area (Å²) in [6.07, 6.45) is 5.33. The van der Waals surface area contributed by atoms with E-state index in [0.717, 1.165) is 45.0 Å². The van der Waals surface area contributed by atoms with E-state index in [1.54, 1.807) is 12.4 Å². The number of nitrogen functional groups attached to an aromatic ring is 1. The lowest BCUT2D eigenvalue weighted by Crippen LogP contribution is -2.29. The number of rotatable bonds is 3. The predicted octanol–water partition coefficient (Wildman–Crippen LogP) is 4.19. The molecule has 0 radical (unpaired) electrons. The van der Waals surface area contributed by atoms with Gasteiger partial charge in [-0.25, -0.2) is 9.97 Å². The van der Waals surface area contributed by atoms with Gasteiger partial charge in [0.1, 0.15) is 23.4 Å².